The number of hydrogen-bond donors (Lipinski definition) is 3. The van der Waals surface area contributed by atoms with Gasteiger partial charge in [-0.05, 0) is 12.3 Å². The van der Waals surface area contributed by atoms with Crippen LogP contribution in [0.5, 0.6) is 0 Å². The average molecular weight is 301 g/mol. The van der Waals surface area contributed by atoms with Crippen LogP contribution in [0.1, 0.15) is 38.5 Å². The molecule has 0 bridgehead atoms. The topological polar surface area (TPSA) is 75.3 Å². The molecule has 1 fully saturated rings. The summed E-state index contributed by atoms with van der Waals surface area (Å²) in [6.45, 7) is 0. The van der Waals surface area contributed by atoms with Gasteiger partial charge in [0.05, 0.1) is 0 Å². The highest BCUT2D eigenvalue weighted by Gasteiger charge is 2.48. The monoisotopic (exact) mass is 300 g/mol. The largest absolute Gasteiger partial charge is 0.385 e. The van der Waals surface area contributed by atoms with E-state index in [9.17, 15) is 18.7 Å². The minimum atomic E-state index is -3.83. The van der Waals surface area contributed by atoms with Crippen LogP contribution in [-0.2, 0) is 4.79 Å². The molecule has 0 radical (unpaired) electrons. The Morgan fingerprint density at radius 1 is 1.42 bits per heavy atom. The van der Waals surface area contributed by atoms with Crippen molar-refractivity contribution < 1.29 is 18.7 Å². The fourth-order valence-corrected chi connectivity index (χ4v) is 2.51. The van der Waals surface area contributed by atoms with Crippen LogP contribution in [0.15, 0.2) is 0 Å². The molecule has 0 aromatic carbocycles. The van der Waals surface area contributed by atoms with Gasteiger partial charge in [-0.15, -0.1) is 12.4 Å². The molecule has 0 aromatic heterocycles. The fourth-order valence-electron chi connectivity index (χ4n) is 2.51. The first kappa shape index (κ1) is 18.5. The number of carbonyl (C=O) groups is 1. The van der Waals surface area contributed by atoms with Crippen molar-refractivity contribution in [2.45, 2.75) is 56.6 Å². The molecule has 0 aromatic rings. The van der Waals surface area contributed by atoms with Gasteiger partial charge in [0.15, 0.2) is 0 Å². The Morgan fingerprint density at radius 2 is 1.95 bits per heavy atom. The molecule has 0 heterocycles. The van der Waals surface area contributed by atoms with E-state index in [1.807, 2.05) is 5.32 Å². The Hall–Kier alpha value is -0.460. The summed E-state index contributed by atoms with van der Waals surface area (Å²) in [5.41, 5.74) is 5.62. The van der Waals surface area contributed by atoms with Gasteiger partial charge in [0.25, 0.3) is 5.91 Å². The van der Waals surface area contributed by atoms with Crippen molar-refractivity contribution in [3.05, 3.63) is 0 Å². The maximum Gasteiger partial charge on any atom is 0.351 e. The molecule has 1 aliphatic carbocycles. The van der Waals surface area contributed by atoms with E-state index in [1.165, 1.54) is 6.42 Å². The highest BCUT2D eigenvalue weighted by atomic mass is 35.5. The molecule has 0 aliphatic heterocycles. The molecule has 0 unspecified atom stereocenters. The van der Waals surface area contributed by atoms with Crippen molar-refractivity contribution in [3.8, 4) is 0 Å². The summed E-state index contributed by atoms with van der Waals surface area (Å²) in [7, 11) is 1.11. The van der Waals surface area contributed by atoms with E-state index in [0.717, 1.165) is 32.7 Å². The van der Waals surface area contributed by atoms with Crippen LogP contribution in [0.4, 0.5) is 8.78 Å². The lowest BCUT2D eigenvalue weighted by molar-refractivity contribution is -0.165. The number of nitrogens with one attached hydrogen (secondary N) is 1. The molecule has 114 valence electrons. The Balaban J connectivity index is 0.00000324. The number of halogens is 3. The molecular formula is C12H23ClF2N2O2. The summed E-state index contributed by atoms with van der Waals surface area (Å²) in [5.74, 6) is -5.04. The van der Waals surface area contributed by atoms with Gasteiger partial charge in [-0.1, -0.05) is 32.1 Å². The Bertz CT molecular complexity index is 287. The third kappa shape index (κ3) is 4.85. The maximum atomic E-state index is 13.5. The SMILES string of the molecule is CNC(=O)C(F)(F)[C@@H](O)[C@@H](N)CC1CCCCC1.Cl. The van der Waals surface area contributed by atoms with Gasteiger partial charge in [0.2, 0.25) is 0 Å². The number of carbonyl (C=O) groups excluding carboxylic acids is 1. The van der Waals surface area contributed by atoms with Crippen molar-refractivity contribution in [2.75, 3.05) is 7.05 Å². The Kier molecular flexibility index (Phi) is 7.78. The summed E-state index contributed by atoms with van der Waals surface area (Å²) in [6, 6.07) is -1.07. The number of aliphatic hydroxyl groups excluding tert-OH is 1. The van der Waals surface area contributed by atoms with Crippen molar-refractivity contribution in [1.29, 1.82) is 0 Å². The lowest BCUT2D eigenvalue weighted by atomic mass is 9.83. The van der Waals surface area contributed by atoms with Gasteiger partial charge in [-0.25, -0.2) is 0 Å². The summed E-state index contributed by atoms with van der Waals surface area (Å²) in [4.78, 5) is 11.0. The molecule has 1 rings (SSSR count). The molecule has 7 heteroatoms. The van der Waals surface area contributed by atoms with Gasteiger partial charge >= 0.3 is 5.92 Å². The molecule has 1 saturated carbocycles. The highest BCUT2D eigenvalue weighted by Crippen LogP contribution is 2.30. The molecular weight excluding hydrogens is 278 g/mol. The first-order chi connectivity index (χ1) is 8.39. The summed E-state index contributed by atoms with van der Waals surface area (Å²) < 4.78 is 26.9. The normalized spacial score (nSPS) is 20.3. The van der Waals surface area contributed by atoms with Crippen LogP contribution in [0.3, 0.4) is 0 Å². The van der Waals surface area contributed by atoms with Gasteiger partial charge in [0, 0.05) is 13.1 Å². The van der Waals surface area contributed by atoms with Crippen LogP contribution < -0.4 is 11.1 Å². The summed E-state index contributed by atoms with van der Waals surface area (Å²) in [6.07, 6.45) is 3.48. The van der Waals surface area contributed by atoms with Gasteiger partial charge in [-0.2, -0.15) is 8.78 Å². The smallest absolute Gasteiger partial charge is 0.351 e. The predicted molar refractivity (Wildman–Crippen MR) is 71.4 cm³/mol. The van der Waals surface area contributed by atoms with E-state index in [-0.39, 0.29) is 18.3 Å². The third-order valence-corrected chi connectivity index (χ3v) is 3.64. The molecule has 19 heavy (non-hydrogen) atoms. The van der Waals surface area contributed by atoms with Crippen LogP contribution in [0.25, 0.3) is 0 Å². The van der Waals surface area contributed by atoms with Crippen molar-refractivity contribution >= 4 is 18.3 Å². The second-order valence-corrected chi connectivity index (χ2v) is 5.05. The zero-order valence-electron chi connectivity index (χ0n) is 11.1. The predicted octanol–water partition coefficient (Wildman–Crippen LogP) is 1.45. The van der Waals surface area contributed by atoms with E-state index in [4.69, 9.17) is 5.73 Å². The number of amides is 1. The summed E-state index contributed by atoms with van der Waals surface area (Å²) >= 11 is 0. The van der Waals surface area contributed by atoms with Crippen molar-refractivity contribution in [3.63, 3.8) is 0 Å². The first-order valence-electron chi connectivity index (χ1n) is 6.43. The van der Waals surface area contributed by atoms with Gasteiger partial charge in [-0.3, -0.25) is 4.79 Å². The highest BCUT2D eigenvalue weighted by molar-refractivity contribution is 5.85. The second kappa shape index (κ2) is 7.97. The minimum absolute atomic E-state index is 0. The van der Waals surface area contributed by atoms with Crippen LogP contribution in [0.2, 0.25) is 0 Å². The van der Waals surface area contributed by atoms with E-state index >= 15 is 0 Å². The Morgan fingerprint density at radius 3 is 2.42 bits per heavy atom. The quantitative estimate of drug-likeness (QED) is 0.719. The molecule has 4 N–H and O–H groups in total. The molecule has 1 aliphatic rings. The lowest BCUT2D eigenvalue weighted by Gasteiger charge is -2.30. The molecule has 4 nitrogen and oxygen atoms in total. The van der Waals surface area contributed by atoms with E-state index in [0.29, 0.717) is 6.42 Å². The lowest BCUT2D eigenvalue weighted by Crippen LogP contribution is -2.55. The fraction of sp³-hybridized carbons (Fsp3) is 0.917. The zero-order valence-corrected chi connectivity index (χ0v) is 11.9. The zero-order chi connectivity index (χ0) is 13.8. The number of nitrogens with two attached hydrogens (primary N) is 1. The number of alkyl halides is 2. The molecule has 0 saturated heterocycles. The Labute approximate surface area is 118 Å². The first-order valence-corrected chi connectivity index (χ1v) is 6.43. The van der Waals surface area contributed by atoms with Gasteiger partial charge < -0.3 is 16.2 Å². The maximum absolute atomic E-state index is 13.5. The molecule has 2 atom stereocenters. The molecule has 0 spiro atoms. The van der Waals surface area contributed by atoms with E-state index < -0.39 is 24.0 Å². The van der Waals surface area contributed by atoms with Crippen LogP contribution >= 0.6 is 12.4 Å². The second-order valence-electron chi connectivity index (χ2n) is 5.05. The summed E-state index contributed by atoms with van der Waals surface area (Å²) in [5, 5.41) is 11.4. The minimum Gasteiger partial charge on any atom is -0.385 e. The number of aliphatic hydroxyl groups is 1. The van der Waals surface area contributed by atoms with Crippen molar-refractivity contribution in [2.24, 2.45) is 11.7 Å². The average Bonchev–Trinajstić information content (AvgIpc) is 2.37. The standard InChI is InChI=1S/C12H22F2N2O2.ClH/c1-16-11(18)12(13,14)10(17)9(15)7-8-5-3-2-4-6-8;/h8-10,17H,2-7,15H2,1H3,(H,16,18);1H/t9-,10-;/m0./s1. The molecule has 1 amide bonds. The van der Waals surface area contributed by atoms with Gasteiger partial charge in [0.1, 0.15) is 6.10 Å². The number of hydrogen-bond acceptors (Lipinski definition) is 3. The van der Waals surface area contributed by atoms with Crippen LogP contribution in [-0.4, -0.2) is 36.1 Å². The number of rotatable bonds is 5. The van der Waals surface area contributed by atoms with E-state index in [1.54, 1.807) is 0 Å². The van der Waals surface area contributed by atoms with Crippen molar-refractivity contribution in [1.82, 2.24) is 5.32 Å². The van der Waals surface area contributed by atoms with Crippen LogP contribution in [0, 0.1) is 5.92 Å². The third-order valence-electron chi connectivity index (χ3n) is 3.64. The van der Waals surface area contributed by atoms with E-state index in [2.05, 4.69) is 0 Å².